The first-order valence-corrected chi connectivity index (χ1v) is 10.6. The molecule has 4 rings (SSSR count). The second kappa shape index (κ2) is 9.22. The van der Waals surface area contributed by atoms with Gasteiger partial charge in [-0.2, -0.15) is 5.10 Å². The largest absolute Gasteiger partial charge is 0.497 e. The van der Waals surface area contributed by atoms with Crippen molar-refractivity contribution in [3.63, 3.8) is 0 Å². The lowest BCUT2D eigenvalue weighted by Gasteiger charge is -2.23. The number of para-hydroxylation sites is 1. The molecule has 1 amide bonds. The summed E-state index contributed by atoms with van der Waals surface area (Å²) < 4.78 is 12.8. The zero-order valence-corrected chi connectivity index (χ0v) is 18.2. The molecule has 0 saturated carbocycles. The van der Waals surface area contributed by atoms with E-state index in [0.29, 0.717) is 12.4 Å². The van der Waals surface area contributed by atoms with Gasteiger partial charge >= 0.3 is 0 Å². The van der Waals surface area contributed by atoms with Crippen LogP contribution in [0.25, 0.3) is 5.69 Å². The number of anilines is 1. The fraction of sp³-hybridized carbons (Fsp3) is 0.333. The van der Waals surface area contributed by atoms with Crippen LogP contribution in [0.5, 0.6) is 11.5 Å². The van der Waals surface area contributed by atoms with Gasteiger partial charge in [0.05, 0.1) is 37.7 Å². The molecule has 0 spiro atoms. The van der Waals surface area contributed by atoms with Crippen LogP contribution in [0.1, 0.15) is 30.1 Å². The summed E-state index contributed by atoms with van der Waals surface area (Å²) >= 11 is 0. The van der Waals surface area contributed by atoms with Gasteiger partial charge in [-0.15, -0.1) is 0 Å². The molecule has 1 unspecified atom stereocenters. The quantitative estimate of drug-likeness (QED) is 0.615. The predicted molar refractivity (Wildman–Crippen MR) is 119 cm³/mol. The number of ether oxygens (including phenoxy) is 2. The van der Waals surface area contributed by atoms with Crippen molar-refractivity contribution in [3.05, 3.63) is 65.9 Å². The van der Waals surface area contributed by atoms with Crippen molar-refractivity contribution in [1.29, 1.82) is 0 Å². The van der Waals surface area contributed by atoms with Gasteiger partial charge in [-0.05, 0) is 37.3 Å². The van der Waals surface area contributed by atoms with Gasteiger partial charge < -0.3 is 19.7 Å². The molecular weight excluding hydrogens is 392 g/mol. The van der Waals surface area contributed by atoms with E-state index in [1.165, 1.54) is 4.90 Å². The molecule has 2 heterocycles. The summed E-state index contributed by atoms with van der Waals surface area (Å²) in [6, 6.07) is 17.8. The average Bonchev–Trinajstić information content (AvgIpc) is 3.39. The van der Waals surface area contributed by atoms with Gasteiger partial charge in [0.25, 0.3) is 5.91 Å². The Hall–Kier alpha value is -3.32. The topological polar surface area (TPSA) is 69.8 Å². The van der Waals surface area contributed by atoms with Gasteiger partial charge in [0.2, 0.25) is 0 Å². The number of likely N-dealkylation sites (tertiary alicyclic amines) is 1. The number of carbonyl (C=O) groups excluding carboxylic acids is 1. The highest BCUT2D eigenvalue weighted by Crippen LogP contribution is 2.31. The van der Waals surface area contributed by atoms with Crippen molar-refractivity contribution in [2.75, 3.05) is 32.6 Å². The molecule has 7 nitrogen and oxygen atoms in total. The Bertz CT molecular complexity index is 1050. The molecule has 0 bridgehead atoms. The van der Waals surface area contributed by atoms with Crippen molar-refractivity contribution < 1.29 is 19.2 Å². The minimum absolute atomic E-state index is 0.0270. The lowest BCUT2D eigenvalue weighted by Crippen LogP contribution is -3.11. The predicted octanol–water partition coefficient (Wildman–Crippen LogP) is 2.56. The van der Waals surface area contributed by atoms with E-state index in [1.54, 1.807) is 18.9 Å². The summed E-state index contributed by atoms with van der Waals surface area (Å²) in [5, 5.41) is 7.60. The molecule has 1 aliphatic rings. The molecule has 1 fully saturated rings. The first kappa shape index (κ1) is 20.9. The van der Waals surface area contributed by atoms with E-state index in [2.05, 4.69) is 10.4 Å². The Kier molecular flexibility index (Phi) is 6.23. The van der Waals surface area contributed by atoms with E-state index in [-0.39, 0.29) is 11.9 Å². The number of amides is 1. The highest BCUT2D eigenvalue weighted by Gasteiger charge is 2.34. The Morgan fingerprint density at radius 2 is 1.97 bits per heavy atom. The van der Waals surface area contributed by atoms with E-state index in [1.807, 2.05) is 61.5 Å². The van der Waals surface area contributed by atoms with Crippen LogP contribution >= 0.6 is 0 Å². The normalized spacial score (nSPS) is 18.0. The summed E-state index contributed by atoms with van der Waals surface area (Å²) in [6.07, 6.45) is 2.07. The fourth-order valence-electron chi connectivity index (χ4n) is 4.36. The van der Waals surface area contributed by atoms with Crippen LogP contribution in [0.3, 0.4) is 0 Å². The number of nitrogens with zero attached hydrogens (tertiary/aromatic N) is 2. The highest BCUT2D eigenvalue weighted by atomic mass is 16.5. The number of rotatable bonds is 7. The Morgan fingerprint density at radius 1 is 1.16 bits per heavy atom. The number of nitrogens with one attached hydrogen (secondary N) is 2. The maximum absolute atomic E-state index is 13.0. The van der Waals surface area contributed by atoms with Gasteiger partial charge in [0.1, 0.15) is 23.4 Å². The summed E-state index contributed by atoms with van der Waals surface area (Å²) in [7, 11) is 3.34. The second-order valence-corrected chi connectivity index (χ2v) is 7.85. The molecule has 0 radical (unpaired) electrons. The summed E-state index contributed by atoms with van der Waals surface area (Å²) in [5.74, 6) is 2.29. The van der Waals surface area contributed by atoms with Crippen LogP contribution < -0.4 is 19.7 Å². The van der Waals surface area contributed by atoms with Crippen molar-refractivity contribution in [3.8, 4) is 17.2 Å². The third-order valence-electron chi connectivity index (χ3n) is 5.78. The number of hydrogen-bond donors (Lipinski definition) is 2. The molecule has 1 saturated heterocycles. The number of hydrogen-bond acceptors (Lipinski definition) is 4. The minimum Gasteiger partial charge on any atom is -0.497 e. The van der Waals surface area contributed by atoms with E-state index >= 15 is 0 Å². The average molecular weight is 422 g/mol. The SMILES string of the molecule is COc1ccc(OC)c([C@H]2CCC[NH+]2CC(=O)Nc2cc(C)nn2-c2ccccc2)c1. The summed E-state index contributed by atoms with van der Waals surface area (Å²) in [6.45, 7) is 3.24. The van der Waals surface area contributed by atoms with Crippen molar-refractivity contribution in [2.45, 2.75) is 25.8 Å². The number of aromatic nitrogens is 2. The molecule has 1 aromatic heterocycles. The zero-order valence-electron chi connectivity index (χ0n) is 18.2. The third kappa shape index (κ3) is 4.56. The maximum Gasteiger partial charge on any atom is 0.280 e. The van der Waals surface area contributed by atoms with Crippen LogP contribution in [0.15, 0.2) is 54.6 Å². The molecule has 7 heteroatoms. The Morgan fingerprint density at radius 3 is 2.71 bits per heavy atom. The van der Waals surface area contributed by atoms with Crippen molar-refractivity contribution >= 4 is 11.7 Å². The van der Waals surface area contributed by atoms with E-state index < -0.39 is 0 Å². The fourth-order valence-corrected chi connectivity index (χ4v) is 4.36. The van der Waals surface area contributed by atoms with Crippen molar-refractivity contribution in [1.82, 2.24) is 9.78 Å². The molecule has 2 aromatic carbocycles. The van der Waals surface area contributed by atoms with Crippen LogP contribution in [0, 0.1) is 6.92 Å². The summed E-state index contributed by atoms with van der Waals surface area (Å²) in [4.78, 5) is 14.2. The van der Waals surface area contributed by atoms with Gasteiger partial charge in [0.15, 0.2) is 6.54 Å². The standard InChI is InChI=1S/C24H28N4O3/c1-17-14-23(28(26-17)18-8-5-4-6-9-18)25-24(29)16-27-13-7-10-21(27)20-15-19(30-2)11-12-22(20)31-3/h4-6,8-9,11-12,14-15,21H,7,10,13,16H2,1-3H3,(H,25,29)/p+1/t21-/m1/s1. The lowest BCUT2D eigenvalue weighted by molar-refractivity contribution is -0.910. The van der Waals surface area contributed by atoms with Gasteiger partial charge in [-0.25, -0.2) is 4.68 Å². The minimum atomic E-state index is -0.0270. The first-order valence-electron chi connectivity index (χ1n) is 10.6. The number of carbonyl (C=O) groups is 1. The highest BCUT2D eigenvalue weighted by molar-refractivity contribution is 5.91. The maximum atomic E-state index is 13.0. The van der Waals surface area contributed by atoms with Crippen LogP contribution in [0.4, 0.5) is 5.82 Å². The molecule has 0 aliphatic carbocycles. The molecule has 2 atom stereocenters. The molecule has 1 aliphatic heterocycles. The number of benzene rings is 2. The monoisotopic (exact) mass is 421 g/mol. The molecule has 2 N–H and O–H groups in total. The number of methoxy groups -OCH3 is 2. The van der Waals surface area contributed by atoms with E-state index in [0.717, 1.165) is 47.8 Å². The van der Waals surface area contributed by atoms with Gasteiger partial charge in [-0.1, -0.05) is 18.2 Å². The van der Waals surface area contributed by atoms with E-state index in [9.17, 15) is 4.79 Å². The van der Waals surface area contributed by atoms with Gasteiger partial charge in [0, 0.05) is 18.9 Å². The summed E-state index contributed by atoms with van der Waals surface area (Å²) in [5.41, 5.74) is 2.86. The third-order valence-corrected chi connectivity index (χ3v) is 5.78. The van der Waals surface area contributed by atoms with Crippen LogP contribution in [-0.2, 0) is 4.79 Å². The zero-order chi connectivity index (χ0) is 21.8. The number of quaternary nitrogens is 1. The Labute approximate surface area is 182 Å². The molecule has 3 aromatic rings. The van der Waals surface area contributed by atoms with Crippen LogP contribution in [0.2, 0.25) is 0 Å². The molecule has 31 heavy (non-hydrogen) atoms. The molecular formula is C24H29N4O3+. The number of aryl methyl sites for hydroxylation is 1. The Balaban J connectivity index is 1.51. The lowest BCUT2D eigenvalue weighted by atomic mass is 10.0. The van der Waals surface area contributed by atoms with Crippen molar-refractivity contribution in [2.24, 2.45) is 0 Å². The van der Waals surface area contributed by atoms with Gasteiger partial charge in [-0.3, -0.25) is 4.79 Å². The second-order valence-electron chi connectivity index (χ2n) is 7.85. The first-order chi connectivity index (χ1) is 15.1. The van der Waals surface area contributed by atoms with Crippen LogP contribution in [-0.4, -0.2) is 43.0 Å². The molecule has 162 valence electrons. The van der Waals surface area contributed by atoms with E-state index in [4.69, 9.17) is 9.47 Å². The smallest absolute Gasteiger partial charge is 0.280 e.